The summed E-state index contributed by atoms with van der Waals surface area (Å²) in [7, 11) is -2.24. The van der Waals surface area contributed by atoms with E-state index in [-0.39, 0.29) is 17.4 Å². The summed E-state index contributed by atoms with van der Waals surface area (Å²) < 4.78 is 33.5. The van der Waals surface area contributed by atoms with Gasteiger partial charge in [-0.05, 0) is 47.9 Å². The predicted octanol–water partition coefficient (Wildman–Crippen LogP) is 4.41. The van der Waals surface area contributed by atoms with Crippen LogP contribution in [0.2, 0.25) is 5.02 Å². The molecule has 3 aromatic rings. The summed E-state index contributed by atoms with van der Waals surface area (Å²) in [6, 6.07) is 12.6. The zero-order valence-electron chi connectivity index (χ0n) is 16.6. The Kier molecular flexibility index (Phi) is 6.62. The van der Waals surface area contributed by atoms with E-state index in [0.29, 0.717) is 17.3 Å². The lowest BCUT2D eigenvalue weighted by Crippen LogP contribution is -2.29. The first-order chi connectivity index (χ1) is 13.8. The highest BCUT2D eigenvalue weighted by Crippen LogP contribution is 2.28. The zero-order chi connectivity index (χ0) is 21.0. The Labute approximate surface area is 176 Å². The molecule has 0 spiro atoms. The van der Waals surface area contributed by atoms with Gasteiger partial charge in [-0.1, -0.05) is 31.5 Å². The molecule has 1 heterocycles. The lowest BCUT2D eigenvalue weighted by Gasteiger charge is -2.14. The van der Waals surface area contributed by atoms with Crippen LogP contribution in [0.3, 0.4) is 0 Å². The first-order valence-corrected chi connectivity index (χ1v) is 11.1. The predicted molar refractivity (Wildman–Crippen MR) is 118 cm³/mol. The number of ether oxygens (including phenoxy) is 1. The molecule has 0 atom stereocenters. The molecule has 3 rings (SSSR count). The number of fused-ring (bicyclic) bond motifs is 1. The second-order valence-corrected chi connectivity index (χ2v) is 9.08. The fraction of sp³-hybridized carbons (Fsp3) is 0.286. The number of nitrogens with one attached hydrogen (secondary N) is 2. The highest BCUT2D eigenvalue weighted by molar-refractivity contribution is 7.89. The van der Waals surface area contributed by atoms with Crippen molar-refractivity contribution in [2.75, 3.05) is 25.5 Å². The minimum Gasteiger partial charge on any atom is -0.495 e. The molecule has 1 aromatic heterocycles. The summed E-state index contributed by atoms with van der Waals surface area (Å²) in [5.41, 5.74) is 2.58. The van der Waals surface area contributed by atoms with Gasteiger partial charge in [0.05, 0.1) is 12.6 Å². The van der Waals surface area contributed by atoms with Crippen LogP contribution in [0.5, 0.6) is 5.75 Å². The van der Waals surface area contributed by atoms with E-state index in [1.807, 2.05) is 32.0 Å². The number of sulfonamides is 1. The van der Waals surface area contributed by atoms with E-state index in [0.717, 1.165) is 22.2 Å². The fourth-order valence-corrected chi connectivity index (χ4v) is 4.40. The zero-order valence-corrected chi connectivity index (χ0v) is 18.1. The maximum absolute atomic E-state index is 12.8. The number of methoxy groups -OCH3 is 1. The largest absolute Gasteiger partial charge is 0.495 e. The van der Waals surface area contributed by atoms with Gasteiger partial charge in [-0.15, -0.1) is 0 Å². The molecule has 0 saturated heterocycles. The molecule has 0 bridgehead atoms. The second-order valence-electron chi connectivity index (χ2n) is 6.91. The summed E-state index contributed by atoms with van der Waals surface area (Å²) in [4.78, 5) is 4.45. The van der Waals surface area contributed by atoms with Crippen LogP contribution >= 0.6 is 11.6 Å². The Morgan fingerprint density at radius 1 is 1.10 bits per heavy atom. The van der Waals surface area contributed by atoms with Crippen molar-refractivity contribution in [3.05, 3.63) is 59.2 Å². The van der Waals surface area contributed by atoms with E-state index in [4.69, 9.17) is 16.3 Å². The maximum Gasteiger partial charge on any atom is 0.244 e. The van der Waals surface area contributed by atoms with Crippen LogP contribution in [0.25, 0.3) is 10.9 Å². The summed E-state index contributed by atoms with van der Waals surface area (Å²) in [5, 5.41) is 4.79. The van der Waals surface area contributed by atoms with Crippen LogP contribution in [0.15, 0.2) is 53.6 Å². The van der Waals surface area contributed by atoms with Gasteiger partial charge in [-0.3, -0.25) is 4.98 Å². The summed E-state index contributed by atoms with van der Waals surface area (Å²) in [6.07, 6.45) is 1.69. The van der Waals surface area contributed by atoms with Crippen LogP contribution in [-0.4, -0.2) is 33.6 Å². The highest BCUT2D eigenvalue weighted by Gasteiger charge is 2.20. The molecule has 0 radical (unpaired) electrons. The maximum atomic E-state index is 12.8. The Morgan fingerprint density at radius 3 is 2.62 bits per heavy atom. The van der Waals surface area contributed by atoms with E-state index in [9.17, 15) is 8.42 Å². The van der Waals surface area contributed by atoms with Crippen LogP contribution in [-0.2, 0) is 10.0 Å². The van der Waals surface area contributed by atoms with Gasteiger partial charge < -0.3 is 10.1 Å². The SMILES string of the molecule is COc1ccc(C(C)C)cc1S(=O)(=O)NCCNc1ccnc2cc(Cl)ccc12. The standard InChI is InChI=1S/C21H24ClN3O3S/c1-14(2)15-4-7-20(28-3)21(12-15)29(26,27)25-11-10-24-18-8-9-23-19-13-16(22)5-6-17(18)19/h4-9,12-14,25H,10-11H2,1-3H3,(H,23,24). The van der Waals surface area contributed by atoms with Crippen molar-refractivity contribution in [1.82, 2.24) is 9.71 Å². The summed E-state index contributed by atoms with van der Waals surface area (Å²) in [6.45, 7) is 4.66. The molecule has 0 aliphatic heterocycles. The van der Waals surface area contributed by atoms with Crippen molar-refractivity contribution in [1.29, 1.82) is 0 Å². The van der Waals surface area contributed by atoms with Crippen molar-refractivity contribution in [2.45, 2.75) is 24.7 Å². The quantitative estimate of drug-likeness (QED) is 0.514. The van der Waals surface area contributed by atoms with Crippen molar-refractivity contribution in [2.24, 2.45) is 0 Å². The topological polar surface area (TPSA) is 80.3 Å². The number of pyridine rings is 1. The Bertz CT molecular complexity index is 1120. The molecule has 6 nitrogen and oxygen atoms in total. The van der Waals surface area contributed by atoms with Crippen LogP contribution < -0.4 is 14.8 Å². The van der Waals surface area contributed by atoms with Gasteiger partial charge in [0, 0.05) is 35.4 Å². The first kappa shape index (κ1) is 21.4. The summed E-state index contributed by atoms with van der Waals surface area (Å²) in [5.74, 6) is 0.539. The van der Waals surface area contributed by atoms with Gasteiger partial charge >= 0.3 is 0 Å². The molecule has 29 heavy (non-hydrogen) atoms. The van der Waals surface area contributed by atoms with Gasteiger partial charge in [0.25, 0.3) is 0 Å². The molecule has 0 amide bonds. The van der Waals surface area contributed by atoms with Crippen LogP contribution in [0.1, 0.15) is 25.3 Å². The molecular weight excluding hydrogens is 410 g/mol. The average molecular weight is 434 g/mol. The molecule has 0 aliphatic carbocycles. The number of aromatic nitrogens is 1. The van der Waals surface area contributed by atoms with E-state index in [1.165, 1.54) is 7.11 Å². The van der Waals surface area contributed by atoms with Crippen molar-refractivity contribution in [3.63, 3.8) is 0 Å². The second kappa shape index (κ2) is 8.98. The number of benzene rings is 2. The normalized spacial score (nSPS) is 11.8. The minimum atomic E-state index is -3.71. The monoisotopic (exact) mass is 433 g/mol. The lowest BCUT2D eigenvalue weighted by molar-refractivity contribution is 0.402. The number of rotatable bonds is 8. The fourth-order valence-electron chi connectivity index (χ4n) is 3.00. The van der Waals surface area contributed by atoms with Crippen molar-refractivity contribution < 1.29 is 13.2 Å². The Balaban J connectivity index is 1.70. The Hall–Kier alpha value is -2.35. The molecule has 154 valence electrons. The first-order valence-electron chi connectivity index (χ1n) is 9.27. The smallest absolute Gasteiger partial charge is 0.244 e. The molecule has 0 unspecified atom stereocenters. The van der Waals surface area contributed by atoms with Gasteiger partial charge in [0.1, 0.15) is 10.6 Å². The van der Waals surface area contributed by atoms with Crippen molar-refractivity contribution >= 4 is 38.2 Å². The molecule has 0 aliphatic rings. The third-order valence-corrected chi connectivity index (χ3v) is 6.30. The third-order valence-electron chi connectivity index (χ3n) is 4.58. The highest BCUT2D eigenvalue weighted by atomic mass is 35.5. The number of hydrogen-bond acceptors (Lipinski definition) is 5. The number of anilines is 1. The summed E-state index contributed by atoms with van der Waals surface area (Å²) >= 11 is 6.01. The van der Waals surface area contributed by atoms with E-state index < -0.39 is 10.0 Å². The van der Waals surface area contributed by atoms with Gasteiger partial charge in [0.15, 0.2) is 0 Å². The van der Waals surface area contributed by atoms with Gasteiger partial charge in [-0.2, -0.15) is 0 Å². The van der Waals surface area contributed by atoms with E-state index >= 15 is 0 Å². The number of halogens is 1. The van der Waals surface area contributed by atoms with Gasteiger partial charge in [0.2, 0.25) is 10.0 Å². The third kappa shape index (κ3) is 4.98. The molecular formula is C21H24ClN3O3S. The van der Waals surface area contributed by atoms with Crippen LogP contribution in [0, 0.1) is 0 Å². The molecule has 0 saturated carbocycles. The van der Waals surface area contributed by atoms with Crippen molar-refractivity contribution in [3.8, 4) is 5.75 Å². The lowest BCUT2D eigenvalue weighted by atomic mass is 10.0. The van der Waals surface area contributed by atoms with Crippen LogP contribution in [0.4, 0.5) is 5.69 Å². The van der Waals surface area contributed by atoms with Gasteiger partial charge in [-0.25, -0.2) is 13.1 Å². The van der Waals surface area contributed by atoms with E-state index in [2.05, 4.69) is 15.0 Å². The number of nitrogens with zero attached hydrogens (tertiary/aromatic N) is 1. The number of hydrogen-bond donors (Lipinski definition) is 2. The molecule has 8 heteroatoms. The molecule has 2 aromatic carbocycles. The van der Waals surface area contributed by atoms with E-state index in [1.54, 1.807) is 30.5 Å². The Morgan fingerprint density at radius 2 is 1.90 bits per heavy atom. The average Bonchev–Trinajstić information content (AvgIpc) is 2.70. The molecule has 2 N–H and O–H groups in total. The molecule has 0 fully saturated rings. The minimum absolute atomic E-state index is 0.148.